The first-order chi connectivity index (χ1) is 5.77. The van der Waals surface area contributed by atoms with Crippen LogP contribution in [0.25, 0.3) is 0 Å². The number of carbonyl (C=O) groups is 2. The summed E-state index contributed by atoms with van der Waals surface area (Å²) >= 11 is 0. The van der Waals surface area contributed by atoms with E-state index in [2.05, 4.69) is 11.3 Å². The highest BCUT2D eigenvalue weighted by molar-refractivity contribution is 5.88. The molecule has 0 fully saturated rings. The SMILES string of the molecule is C=C(C)C(=O)OC[C@](C)(O)C(C)=O. The summed E-state index contributed by atoms with van der Waals surface area (Å²) in [6.07, 6.45) is 0. The third-order valence-electron chi connectivity index (χ3n) is 1.59. The third-order valence-corrected chi connectivity index (χ3v) is 1.59. The van der Waals surface area contributed by atoms with Crippen molar-refractivity contribution in [1.29, 1.82) is 0 Å². The van der Waals surface area contributed by atoms with Gasteiger partial charge in [0.25, 0.3) is 0 Å². The smallest absolute Gasteiger partial charge is 0.333 e. The highest BCUT2D eigenvalue weighted by Gasteiger charge is 2.28. The van der Waals surface area contributed by atoms with Crippen molar-refractivity contribution in [3.63, 3.8) is 0 Å². The van der Waals surface area contributed by atoms with Crippen LogP contribution in [0.3, 0.4) is 0 Å². The quantitative estimate of drug-likeness (QED) is 0.511. The molecule has 0 aliphatic carbocycles. The van der Waals surface area contributed by atoms with Gasteiger partial charge < -0.3 is 9.84 Å². The van der Waals surface area contributed by atoms with Crippen molar-refractivity contribution < 1.29 is 19.4 Å². The van der Waals surface area contributed by atoms with Crippen LogP contribution >= 0.6 is 0 Å². The normalized spacial score (nSPS) is 14.5. The van der Waals surface area contributed by atoms with E-state index in [9.17, 15) is 14.7 Å². The molecule has 1 atom stereocenters. The molecule has 0 radical (unpaired) electrons. The van der Waals surface area contributed by atoms with Crippen molar-refractivity contribution in [3.05, 3.63) is 12.2 Å². The summed E-state index contributed by atoms with van der Waals surface area (Å²) < 4.78 is 4.62. The average Bonchev–Trinajstić information content (AvgIpc) is 1.99. The second kappa shape index (κ2) is 4.18. The first kappa shape index (κ1) is 11.8. The molecule has 0 aromatic rings. The molecule has 4 heteroatoms. The lowest BCUT2D eigenvalue weighted by atomic mass is 10.0. The number of ketones is 1. The summed E-state index contributed by atoms with van der Waals surface area (Å²) in [5.41, 5.74) is -1.37. The van der Waals surface area contributed by atoms with Gasteiger partial charge >= 0.3 is 5.97 Å². The Morgan fingerprint density at radius 3 is 2.23 bits per heavy atom. The molecule has 0 aliphatic heterocycles. The fraction of sp³-hybridized carbons (Fsp3) is 0.556. The van der Waals surface area contributed by atoms with Crippen LogP contribution in [0.5, 0.6) is 0 Å². The second-order valence-electron chi connectivity index (χ2n) is 3.19. The van der Waals surface area contributed by atoms with E-state index < -0.39 is 17.4 Å². The predicted octanol–water partition coefficient (Wildman–Crippen LogP) is 0.446. The van der Waals surface area contributed by atoms with Crippen LogP contribution in [0.4, 0.5) is 0 Å². The number of esters is 1. The number of aliphatic hydroxyl groups is 1. The number of carbonyl (C=O) groups excluding carboxylic acids is 2. The zero-order chi connectivity index (χ0) is 10.6. The second-order valence-corrected chi connectivity index (χ2v) is 3.19. The predicted molar refractivity (Wildman–Crippen MR) is 47.1 cm³/mol. The molecule has 0 saturated heterocycles. The minimum atomic E-state index is -1.61. The van der Waals surface area contributed by atoms with Crippen molar-refractivity contribution in [1.82, 2.24) is 0 Å². The van der Waals surface area contributed by atoms with Gasteiger partial charge in [0, 0.05) is 5.57 Å². The zero-order valence-corrected chi connectivity index (χ0v) is 8.09. The minimum Gasteiger partial charge on any atom is -0.459 e. The number of hydrogen-bond acceptors (Lipinski definition) is 4. The molecule has 0 amide bonds. The van der Waals surface area contributed by atoms with Gasteiger partial charge in [-0.1, -0.05) is 6.58 Å². The van der Waals surface area contributed by atoms with E-state index in [-0.39, 0.29) is 12.2 Å². The van der Waals surface area contributed by atoms with Crippen LogP contribution in [0.1, 0.15) is 20.8 Å². The lowest BCUT2D eigenvalue weighted by Gasteiger charge is -2.19. The molecule has 4 nitrogen and oxygen atoms in total. The molecule has 0 heterocycles. The minimum absolute atomic E-state index is 0.236. The van der Waals surface area contributed by atoms with Crippen LogP contribution in [-0.4, -0.2) is 29.1 Å². The largest absolute Gasteiger partial charge is 0.459 e. The molecule has 1 N–H and O–H groups in total. The maximum atomic E-state index is 10.9. The average molecular weight is 186 g/mol. The van der Waals surface area contributed by atoms with E-state index in [0.29, 0.717) is 0 Å². The summed E-state index contributed by atoms with van der Waals surface area (Å²) in [6.45, 7) is 7.03. The standard InChI is InChI=1S/C9H14O4/c1-6(2)8(11)13-5-9(4,12)7(3)10/h12H,1,5H2,2-4H3/t9-/m0/s1. The molecule has 0 aliphatic rings. The maximum absolute atomic E-state index is 10.9. The van der Waals surface area contributed by atoms with Gasteiger partial charge in [-0.2, -0.15) is 0 Å². The van der Waals surface area contributed by atoms with Crippen LogP contribution in [-0.2, 0) is 14.3 Å². The Hall–Kier alpha value is -1.16. The van der Waals surface area contributed by atoms with Gasteiger partial charge in [-0.05, 0) is 20.8 Å². The number of Topliss-reactive ketones (excluding diaryl/α,β-unsaturated/α-hetero) is 1. The zero-order valence-electron chi connectivity index (χ0n) is 8.09. The lowest BCUT2D eigenvalue weighted by molar-refractivity contribution is -0.151. The van der Waals surface area contributed by atoms with Crippen LogP contribution in [0, 0.1) is 0 Å². The summed E-state index contributed by atoms with van der Waals surface area (Å²) in [7, 11) is 0. The molecule has 0 saturated carbocycles. The van der Waals surface area contributed by atoms with E-state index in [4.69, 9.17) is 0 Å². The molecular weight excluding hydrogens is 172 g/mol. The van der Waals surface area contributed by atoms with Crippen molar-refractivity contribution in [2.75, 3.05) is 6.61 Å². The van der Waals surface area contributed by atoms with Crippen LogP contribution in [0.2, 0.25) is 0 Å². The number of rotatable bonds is 4. The number of hydrogen-bond donors (Lipinski definition) is 1. The van der Waals surface area contributed by atoms with Crippen molar-refractivity contribution >= 4 is 11.8 Å². The molecule has 0 unspecified atom stereocenters. The van der Waals surface area contributed by atoms with Gasteiger partial charge in [0.15, 0.2) is 11.4 Å². The molecule has 74 valence electrons. The first-order valence-electron chi connectivity index (χ1n) is 3.83. The summed E-state index contributed by atoms with van der Waals surface area (Å²) in [5, 5.41) is 9.37. The van der Waals surface area contributed by atoms with Gasteiger partial charge in [-0.15, -0.1) is 0 Å². The molecule has 13 heavy (non-hydrogen) atoms. The molecule has 0 bridgehead atoms. The van der Waals surface area contributed by atoms with Gasteiger partial charge in [-0.25, -0.2) is 4.79 Å². The van der Waals surface area contributed by atoms with E-state index in [0.717, 1.165) is 0 Å². The molecule has 0 rings (SSSR count). The Morgan fingerprint density at radius 1 is 1.46 bits per heavy atom. The third kappa shape index (κ3) is 3.85. The Labute approximate surface area is 77.2 Å². The summed E-state index contributed by atoms with van der Waals surface area (Å²) in [6, 6.07) is 0. The number of ether oxygens (including phenoxy) is 1. The Kier molecular flexibility index (Phi) is 3.81. The fourth-order valence-electron chi connectivity index (χ4n) is 0.431. The Balaban J connectivity index is 4.10. The molecule has 0 spiro atoms. The van der Waals surface area contributed by atoms with Crippen molar-refractivity contribution in [2.24, 2.45) is 0 Å². The van der Waals surface area contributed by atoms with Gasteiger partial charge in [-0.3, -0.25) is 4.79 Å². The van der Waals surface area contributed by atoms with E-state index >= 15 is 0 Å². The molecular formula is C9H14O4. The van der Waals surface area contributed by atoms with Gasteiger partial charge in [0.2, 0.25) is 0 Å². The van der Waals surface area contributed by atoms with Gasteiger partial charge in [0.1, 0.15) is 6.61 Å². The molecule has 0 aromatic carbocycles. The highest BCUT2D eigenvalue weighted by Crippen LogP contribution is 2.06. The Bertz CT molecular complexity index is 240. The lowest BCUT2D eigenvalue weighted by Crippen LogP contribution is -2.39. The van der Waals surface area contributed by atoms with E-state index in [1.165, 1.54) is 20.8 Å². The van der Waals surface area contributed by atoms with Gasteiger partial charge in [0.05, 0.1) is 0 Å². The monoisotopic (exact) mass is 186 g/mol. The van der Waals surface area contributed by atoms with E-state index in [1.807, 2.05) is 0 Å². The highest BCUT2D eigenvalue weighted by atomic mass is 16.5. The first-order valence-corrected chi connectivity index (χ1v) is 3.83. The molecule has 0 aromatic heterocycles. The topological polar surface area (TPSA) is 63.6 Å². The Morgan fingerprint density at radius 2 is 1.92 bits per heavy atom. The van der Waals surface area contributed by atoms with Crippen molar-refractivity contribution in [3.8, 4) is 0 Å². The van der Waals surface area contributed by atoms with E-state index in [1.54, 1.807) is 0 Å². The van der Waals surface area contributed by atoms with Crippen LogP contribution < -0.4 is 0 Å². The summed E-state index contributed by atoms with van der Waals surface area (Å²) in [4.78, 5) is 21.7. The van der Waals surface area contributed by atoms with Crippen LogP contribution in [0.15, 0.2) is 12.2 Å². The van der Waals surface area contributed by atoms with Crippen molar-refractivity contribution in [2.45, 2.75) is 26.4 Å². The summed E-state index contributed by atoms with van der Waals surface area (Å²) in [5.74, 6) is -1.05. The fourth-order valence-corrected chi connectivity index (χ4v) is 0.431. The maximum Gasteiger partial charge on any atom is 0.333 e.